The molecule has 156 valence electrons. The quantitative estimate of drug-likeness (QED) is 0.584. The molecule has 4 N–H and O–H groups in total. The Kier molecular flexibility index (Phi) is 9.74. The van der Waals surface area contributed by atoms with Crippen LogP contribution in [0.5, 0.6) is 0 Å². The van der Waals surface area contributed by atoms with Gasteiger partial charge in [-0.05, 0) is 107 Å². The highest BCUT2D eigenvalue weighted by Crippen LogP contribution is 2.47. The van der Waals surface area contributed by atoms with Crippen molar-refractivity contribution < 1.29 is 21.2 Å². The lowest BCUT2D eigenvalue weighted by atomic mass is 9.64. The van der Waals surface area contributed by atoms with Crippen molar-refractivity contribution in [2.24, 2.45) is 35.5 Å². The Morgan fingerprint density at radius 1 is 0.692 bits per heavy atom. The maximum atomic E-state index is 14.5. The Morgan fingerprint density at radius 2 is 1.19 bits per heavy atom. The molecule has 26 heavy (non-hydrogen) atoms. The van der Waals surface area contributed by atoms with Gasteiger partial charge in [0.1, 0.15) is 12.3 Å². The summed E-state index contributed by atoms with van der Waals surface area (Å²) < 4.78 is 28.5. The standard InChI is InChI=1S/C22H36F2.2H2O.H2/c1-3-4-16-6-8-17(9-7-16)18-10-12-19(13-11-18)20-14-5-15(2)21(23)22(20)24;;;/h3-4,15-22H,5-14H2,1-2H3;2*1H2;1H/b4-3+;;;. The molecule has 0 aromatic rings. The lowest BCUT2D eigenvalue weighted by Crippen LogP contribution is -2.41. The van der Waals surface area contributed by atoms with Gasteiger partial charge < -0.3 is 11.0 Å². The van der Waals surface area contributed by atoms with Gasteiger partial charge in [0, 0.05) is 1.43 Å². The summed E-state index contributed by atoms with van der Waals surface area (Å²) in [6.07, 6.45) is 14.2. The van der Waals surface area contributed by atoms with Crippen molar-refractivity contribution in [1.29, 1.82) is 0 Å². The van der Waals surface area contributed by atoms with Gasteiger partial charge in [0.15, 0.2) is 0 Å². The molecule has 3 aliphatic carbocycles. The maximum Gasteiger partial charge on any atom is 0.134 e. The van der Waals surface area contributed by atoms with Gasteiger partial charge in [-0.1, -0.05) is 19.1 Å². The van der Waals surface area contributed by atoms with Gasteiger partial charge in [-0.3, -0.25) is 0 Å². The number of alkyl halides is 2. The summed E-state index contributed by atoms with van der Waals surface area (Å²) in [5, 5.41) is 0. The van der Waals surface area contributed by atoms with Crippen molar-refractivity contribution in [3.8, 4) is 0 Å². The summed E-state index contributed by atoms with van der Waals surface area (Å²) in [4.78, 5) is 0. The lowest BCUT2D eigenvalue weighted by Gasteiger charge is -2.42. The number of rotatable bonds is 3. The van der Waals surface area contributed by atoms with Crippen molar-refractivity contribution >= 4 is 0 Å². The second-order valence-electron chi connectivity index (χ2n) is 8.98. The average molecular weight is 377 g/mol. The summed E-state index contributed by atoms with van der Waals surface area (Å²) in [6, 6.07) is 0. The largest absolute Gasteiger partial charge is 0.412 e. The van der Waals surface area contributed by atoms with E-state index < -0.39 is 12.3 Å². The molecule has 0 bridgehead atoms. The molecule has 3 rings (SSSR count). The first-order valence-electron chi connectivity index (χ1n) is 10.5. The van der Waals surface area contributed by atoms with Gasteiger partial charge in [0.2, 0.25) is 0 Å². The molecule has 0 aliphatic heterocycles. The molecule has 3 saturated carbocycles. The number of hydrogen-bond acceptors (Lipinski definition) is 0. The van der Waals surface area contributed by atoms with E-state index in [4.69, 9.17) is 0 Å². The molecular weight excluding hydrogens is 334 g/mol. The highest BCUT2D eigenvalue weighted by molar-refractivity contribution is 4.93. The first-order chi connectivity index (χ1) is 11.6. The summed E-state index contributed by atoms with van der Waals surface area (Å²) in [5.41, 5.74) is 0. The van der Waals surface area contributed by atoms with Gasteiger partial charge in [0.05, 0.1) is 0 Å². The SMILES string of the molecule is C/C=C/C1CCC(C2CCC(C3CCC(C)C(F)C3F)CC2)CC1.O.O.[HH]. The van der Waals surface area contributed by atoms with Crippen LogP contribution < -0.4 is 0 Å². The molecular formula is C22H42F2O2. The summed E-state index contributed by atoms with van der Waals surface area (Å²) >= 11 is 0. The van der Waals surface area contributed by atoms with E-state index in [1.165, 1.54) is 38.5 Å². The summed E-state index contributed by atoms with van der Waals surface area (Å²) in [7, 11) is 0. The van der Waals surface area contributed by atoms with Gasteiger partial charge in [-0.15, -0.1) is 0 Å². The third-order valence-corrected chi connectivity index (χ3v) is 7.58. The van der Waals surface area contributed by atoms with Crippen LogP contribution in [0.4, 0.5) is 8.78 Å². The van der Waals surface area contributed by atoms with Crippen LogP contribution in [0.15, 0.2) is 12.2 Å². The normalized spacial score (nSPS) is 44.2. The average Bonchev–Trinajstić information content (AvgIpc) is 2.61. The van der Waals surface area contributed by atoms with Gasteiger partial charge >= 0.3 is 0 Å². The highest BCUT2D eigenvalue weighted by Gasteiger charge is 2.43. The van der Waals surface area contributed by atoms with Crippen LogP contribution in [0.3, 0.4) is 0 Å². The Balaban J connectivity index is 0.00000225. The van der Waals surface area contributed by atoms with Crippen LogP contribution in [0.25, 0.3) is 0 Å². The van der Waals surface area contributed by atoms with Crippen molar-refractivity contribution in [3.05, 3.63) is 12.2 Å². The lowest BCUT2D eigenvalue weighted by molar-refractivity contribution is -0.00986. The van der Waals surface area contributed by atoms with Crippen molar-refractivity contribution in [2.45, 2.75) is 90.4 Å². The van der Waals surface area contributed by atoms with Crippen LogP contribution in [0.2, 0.25) is 0 Å². The number of hydrogen-bond donors (Lipinski definition) is 0. The van der Waals surface area contributed by atoms with Crippen molar-refractivity contribution in [3.63, 3.8) is 0 Å². The van der Waals surface area contributed by atoms with Crippen LogP contribution >= 0.6 is 0 Å². The second-order valence-corrected chi connectivity index (χ2v) is 8.98. The molecule has 3 fully saturated rings. The first kappa shape index (κ1) is 23.6. The summed E-state index contributed by atoms with van der Waals surface area (Å²) in [5.74, 6) is 2.92. The Labute approximate surface area is 159 Å². The minimum atomic E-state index is -1.22. The fraction of sp³-hybridized carbons (Fsp3) is 0.909. The molecule has 0 aromatic heterocycles. The fourth-order valence-corrected chi connectivity index (χ4v) is 5.95. The van der Waals surface area contributed by atoms with Gasteiger partial charge in [0.25, 0.3) is 0 Å². The molecule has 0 heterocycles. The Hall–Kier alpha value is -0.480. The molecule has 0 saturated heterocycles. The molecule has 4 heteroatoms. The highest BCUT2D eigenvalue weighted by atomic mass is 19.2. The molecule has 0 aromatic carbocycles. The molecule has 0 amide bonds. The van der Waals surface area contributed by atoms with E-state index in [-0.39, 0.29) is 24.2 Å². The van der Waals surface area contributed by atoms with E-state index in [9.17, 15) is 8.78 Å². The molecule has 0 spiro atoms. The summed E-state index contributed by atoms with van der Waals surface area (Å²) in [6.45, 7) is 3.99. The third-order valence-electron chi connectivity index (χ3n) is 7.58. The number of halogens is 2. The van der Waals surface area contributed by atoms with E-state index in [1.807, 2.05) is 6.92 Å². The molecule has 4 unspecified atom stereocenters. The monoisotopic (exact) mass is 376 g/mol. The zero-order valence-corrected chi connectivity index (χ0v) is 16.6. The fourth-order valence-electron chi connectivity index (χ4n) is 5.95. The van der Waals surface area contributed by atoms with Crippen molar-refractivity contribution in [1.82, 2.24) is 0 Å². The third kappa shape index (κ3) is 5.28. The predicted molar refractivity (Wildman–Crippen MR) is 107 cm³/mol. The van der Waals surface area contributed by atoms with Crippen LogP contribution in [-0.2, 0) is 0 Å². The maximum absolute atomic E-state index is 14.5. The zero-order valence-electron chi connectivity index (χ0n) is 16.6. The smallest absolute Gasteiger partial charge is 0.134 e. The topological polar surface area (TPSA) is 63.0 Å². The zero-order chi connectivity index (χ0) is 17.1. The molecule has 0 radical (unpaired) electrons. The van der Waals surface area contributed by atoms with Gasteiger partial charge in [-0.2, -0.15) is 0 Å². The van der Waals surface area contributed by atoms with Crippen LogP contribution in [-0.4, -0.2) is 23.3 Å². The number of allylic oxidation sites excluding steroid dienone is 2. The van der Waals surface area contributed by atoms with E-state index >= 15 is 0 Å². The Bertz CT molecular complexity index is 419. The minimum Gasteiger partial charge on any atom is -0.412 e. The Morgan fingerprint density at radius 3 is 1.73 bits per heavy atom. The molecule has 2 nitrogen and oxygen atoms in total. The van der Waals surface area contributed by atoms with Crippen LogP contribution in [0.1, 0.15) is 79.5 Å². The predicted octanol–water partition coefficient (Wildman–Crippen LogP) is 5.49. The first-order valence-corrected chi connectivity index (χ1v) is 10.5. The van der Waals surface area contributed by atoms with Crippen molar-refractivity contribution in [2.75, 3.05) is 0 Å². The second kappa shape index (κ2) is 10.8. The van der Waals surface area contributed by atoms with E-state index in [0.717, 1.165) is 43.4 Å². The van der Waals surface area contributed by atoms with E-state index in [2.05, 4.69) is 19.1 Å². The van der Waals surface area contributed by atoms with Gasteiger partial charge in [-0.25, -0.2) is 8.78 Å². The molecule has 3 aliphatic rings. The van der Waals surface area contributed by atoms with Crippen LogP contribution in [0, 0.1) is 35.5 Å². The minimum absolute atomic E-state index is 0. The molecule has 4 atom stereocenters. The van der Waals surface area contributed by atoms with E-state index in [0.29, 0.717) is 5.92 Å². The van der Waals surface area contributed by atoms with E-state index in [1.54, 1.807) is 0 Å².